The van der Waals surface area contributed by atoms with Gasteiger partial charge in [-0.05, 0) is 61.4 Å². The molecule has 0 aliphatic carbocycles. The third-order valence-electron chi connectivity index (χ3n) is 5.19. The van der Waals surface area contributed by atoms with Crippen LogP contribution in [0.4, 0.5) is 0 Å². The maximum absolute atomic E-state index is 5.84. The number of aryl methyl sites for hydroxylation is 1. The van der Waals surface area contributed by atoms with E-state index in [2.05, 4.69) is 30.7 Å². The number of hydrogen-bond acceptors (Lipinski definition) is 3. The van der Waals surface area contributed by atoms with Crippen LogP contribution in [0.25, 0.3) is 11.4 Å². The molecule has 2 aromatic rings. The SMILES string of the molecule is CCCCCCCc1cnc(-c2ccc(OCCC[C@@H](C)CC)cc2)nc1. The monoisotopic (exact) mass is 368 g/mol. The highest BCUT2D eigenvalue weighted by Crippen LogP contribution is 2.20. The zero-order valence-electron chi connectivity index (χ0n) is 17.4. The fourth-order valence-corrected chi connectivity index (χ4v) is 3.09. The van der Waals surface area contributed by atoms with Crippen molar-refractivity contribution in [1.82, 2.24) is 9.97 Å². The molecule has 1 atom stereocenters. The largest absolute Gasteiger partial charge is 0.494 e. The number of aromatic nitrogens is 2. The molecular formula is C24H36N2O. The molecule has 0 saturated heterocycles. The maximum Gasteiger partial charge on any atom is 0.159 e. The van der Waals surface area contributed by atoms with E-state index in [4.69, 9.17) is 4.74 Å². The summed E-state index contributed by atoms with van der Waals surface area (Å²) in [6.45, 7) is 7.57. The van der Waals surface area contributed by atoms with Gasteiger partial charge in [-0.1, -0.05) is 52.9 Å². The Kier molecular flexibility index (Phi) is 9.89. The second-order valence-electron chi connectivity index (χ2n) is 7.61. The molecule has 148 valence electrons. The van der Waals surface area contributed by atoms with Gasteiger partial charge >= 0.3 is 0 Å². The van der Waals surface area contributed by atoms with E-state index in [-0.39, 0.29) is 0 Å². The van der Waals surface area contributed by atoms with Gasteiger partial charge < -0.3 is 4.74 Å². The molecule has 3 nitrogen and oxygen atoms in total. The van der Waals surface area contributed by atoms with Gasteiger partial charge in [0.25, 0.3) is 0 Å². The van der Waals surface area contributed by atoms with Gasteiger partial charge in [-0.15, -0.1) is 0 Å². The quantitative estimate of drug-likeness (QED) is 0.362. The predicted octanol–water partition coefficient (Wildman–Crippen LogP) is 6.86. The van der Waals surface area contributed by atoms with Crippen LogP contribution in [0.1, 0.15) is 77.7 Å². The van der Waals surface area contributed by atoms with Crippen molar-refractivity contribution in [3.05, 3.63) is 42.2 Å². The maximum atomic E-state index is 5.84. The summed E-state index contributed by atoms with van der Waals surface area (Å²) in [4.78, 5) is 9.09. The van der Waals surface area contributed by atoms with Crippen LogP contribution in [-0.4, -0.2) is 16.6 Å². The second-order valence-corrected chi connectivity index (χ2v) is 7.61. The van der Waals surface area contributed by atoms with Gasteiger partial charge in [0.05, 0.1) is 6.61 Å². The number of hydrogen-bond donors (Lipinski definition) is 0. The van der Waals surface area contributed by atoms with Crippen molar-refractivity contribution in [1.29, 1.82) is 0 Å². The minimum atomic E-state index is 0.785. The van der Waals surface area contributed by atoms with E-state index in [1.54, 1.807) is 0 Å². The fourth-order valence-electron chi connectivity index (χ4n) is 3.09. The van der Waals surface area contributed by atoms with Crippen molar-refractivity contribution in [2.75, 3.05) is 6.61 Å². The van der Waals surface area contributed by atoms with Crippen LogP contribution in [0.3, 0.4) is 0 Å². The molecule has 27 heavy (non-hydrogen) atoms. The molecule has 0 N–H and O–H groups in total. The molecule has 0 radical (unpaired) electrons. The lowest BCUT2D eigenvalue weighted by atomic mass is 10.0. The van der Waals surface area contributed by atoms with Crippen LogP contribution in [0.15, 0.2) is 36.7 Å². The molecule has 1 aromatic heterocycles. The Morgan fingerprint density at radius 1 is 0.889 bits per heavy atom. The highest BCUT2D eigenvalue weighted by Gasteiger charge is 2.04. The van der Waals surface area contributed by atoms with Crippen molar-refractivity contribution >= 4 is 0 Å². The first kappa shape index (κ1) is 21.4. The minimum Gasteiger partial charge on any atom is -0.494 e. The molecule has 0 aliphatic rings. The van der Waals surface area contributed by atoms with E-state index in [9.17, 15) is 0 Å². The Bertz CT molecular complexity index is 622. The average molecular weight is 369 g/mol. The summed E-state index contributed by atoms with van der Waals surface area (Å²) >= 11 is 0. The molecule has 0 amide bonds. The lowest BCUT2D eigenvalue weighted by molar-refractivity contribution is 0.294. The Labute approximate surface area is 165 Å². The smallest absolute Gasteiger partial charge is 0.159 e. The second kappa shape index (κ2) is 12.5. The Hall–Kier alpha value is -1.90. The summed E-state index contributed by atoms with van der Waals surface area (Å²) in [6, 6.07) is 8.13. The van der Waals surface area contributed by atoms with Crippen LogP contribution in [0, 0.1) is 5.92 Å². The normalized spacial score (nSPS) is 12.1. The van der Waals surface area contributed by atoms with E-state index in [0.717, 1.165) is 42.5 Å². The Balaban J connectivity index is 1.77. The van der Waals surface area contributed by atoms with Gasteiger partial charge in [-0.3, -0.25) is 0 Å². The van der Waals surface area contributed by atoms with Gasteiger partial charge in [0.1, 0.15) is 5.75 Å². The first-order chi connectivity index (χ1) is 13.2. The number of nitrogens with zero attached hydrogens (tertiary/aromatic N) is 2. The molecule has 2 rings (SSSR count). The van der Waals surface area contributed by atoms with E-state index >= 15 is 0 Å². The number of benzene rings is 1. The summed E-state index contributed by atoms with van der Waals surface area (Å²) in [6.07, 6.45) is 15.1. The summed E-state index contributed by atoms with van der Waals surface area (Å²) < 4.78 is 5.84. The molecular weight excluding hydrogens is 332 g/mol. The third kappa shape index (κ3) is 8.11. The Morgan fingerprint density at radius 3 is 2.26 bits per heavy atom. The van der Waals surface area contributed by atoms with Crippen LogP contribution in [0.2, 0.25) is 0 Å². The highest BCUT2D eigenvalue weighted by molar-refractivity contribution is 5.55. The van der Waals surface area contributed by atoms with E-state index in [0.29, 0.717) is 0 Å². The van der Waals surface area contributed by atoms with E-state index in [1.165, 1.54) is 50.5 Å². The van der Waals surface area contributed by atoms with Gasteiger partial charge in [0, 0.05) is 18.0 Å². The van der Waals surface area contributed by atoms with Crippen LogP contribution < -0.4 is 4.74 Å². The standard InChI is InChI=1S/C24H36N2O/c1-4-6-7-8-9-12-21-18-25-24(26-19-21)22-13-15-23(16-14-22)27-17-10-11-20(3)5-2/h13-16,18-20H,4-12,17H2,1-3H3/t20-/m0/s1. The predicted molar refractivity (Wildman–Crippen MR) is 114 cm³/mol. The van der Waals surface area contributed by atoms with E-state index < -0.39 is 0 Å². The topological polar surface area (TPSA) is 35.0 Å². The van der Waals surface area contributed by atoms with Gasteiger partial charge in [-0.25, -0.2) is 9.97 Å². The summed E-state index contributed by atoms with van der Waals surface area (Å²) in [7, 11) is 0. The average Bonchev–Trinajstić information content (AvgIpc) is 2.72. The van der Waals surface area contributed by atoms with Crippen LogP contribution >= 0.6 is 0 Å². The Morgan fingerprint density at radius 2 is 1.59 bits per heavy atom. The molecule has 1 heterocycles. The first-order valence-corrected chi connectivity index (χ1v) is 10.8. The number of rotatable bonds is 13. The van der Waals surface area contributed by atoms with Crippen molar-refractivity contribution in [2.45, 2.75) is 78.6 Å². The zero-order valence-corrected chi connectivity index (χ0v) is 17.4. The van der Waals surface area contributed by atoms with Gasteiger partial charge in [0.15, 0.2) is 5.82 Å². The molecule has 0 fully saturated rings. The molecule has 3 heteroatoms. The van der Waals surface area contributed by atoms with E-state index in [1.807, 2.05) is 36.7 Å². The third-order valence-corrected chi connectivity index (χ3v) is 5.19. The number of ether oxygens (including phenoxy) is 1. The van der Waals surface area contributed by atoms with Crippen molar-refractivity contribution in [3.63, 3.8) is 0 Å². The molecule has 0 saturated carbocycles. The molecule has 0 unspecified atom stereocenters. The zero-order chi connectivity index (χ0) is 19.3. The molecule has 0 bridgehead atoms. The summed E-state index contributed by atoms with van der Waals surface area (Å²) in [5, 5.41) is 0. The van der Waals surface area contributed by atoms with Crippen LogP contribution in [0.5, 0.6) is 5.75 Å². The van der Waals surface area contributed by atoms with Gasteiger partial charge in [-0.2, -0.15) is 0 Å². The van der Waals surface area contributed by atoms with Crippen molar-refractivity contribution in [2.24, 2.45) is 5.92 Å². The lowest BCUT2D eigenvalue weighted by Crippen LogP contribution is -2.01. The first-order valence-electron chi connectivity index (χ1n) is 10.8. The molecule has 0 spiro atoms. The van der Waals surface area contributed by atoms with Crippen molar-refractivity contribution in [3.8, 4) is 17.1 Å². The van der Waals surface area contributed by atoms with Crippen molar-refractivity contribution < 1.29 is 4.74 Å². The molecule has 1 aromatic carbocycles. The lowest BCUT2D eigenvalue weighted by Gasteiger charge is -2.10. The van der Waals surface area contributed by atoms with Crippen LogP contribution in [-0.2, 0) is 6.42 Å². The molecule has 0 aliphatic heterocycles. The highest BCUT2D eigenvalue weighted by atomic mass is 16.5. The summed E-state index contributed by atoms with van der Waals surface area (Å²) in [5.74, 6) is 2.49. The summed E-state index contributed by atoms with van der Waals surface area (Å²) in [5.41, 5.74) is 2.27. The number of unbranched alkanes of at least 4 members (excludes halogenated alkanes) is 4. The van der Waals surface area contributed by atoms with Gasteiger partial charge in [0.2, 0.25) is 0 Å². The fraction of sp³-hybridized carbons (Fsp3) is 0.583. The minimum absolute atomic E-state index is 0.785.